The van der Waals surface area contributed by atoms with Crippen molar-refractivity contribution in [1.29, 1.82) is 0 Å². The first-order chi connectivity index (χ1) is 34.9. The van der Waals surface area contributed by atoms with Crippen molar-refractivity contribution in [3.05, 3.63) is 229 Å². The van der Waals surface area contributed by atoms with Gasteiger partial charge in [0.15, 0.2) is 0 Å². The Kier molecular flexibility index (Phi) is 12.0. The number of fused-ring (bicyclic) bond motifs is 6. The molecule has 350 valence electrons. The van der Waals surface area contributed by atoms with Crippen LogP contribution in [0.25, 0.3) is 72.0 Å². The van der Waals surface area contributed by atoms with Crippen molar-refractivity contribution in [1.82, 2.24) is 4.57 Å². The molecule has 1 fully saturated rings. The molecule has 12 rings (SSSR count). The summed E-state index contributed by atoms with van der Waals surface area (Å²) in [5.74, 6) is 0.681. The van der Waals surface area contributed by atoms with Gasteiger partial charge in [-0.15, -0.1) is 0 Å². The fourth-order valence-corrected chi connectivity index (χ4v) is 12.2. The zero-order chi connectivity index (χ0) is 47.9. The van der Waals surface area contributed by atoms with Crippen LogP contribution in [0.2, 0.25) is 0 Å². The maximum absolute atomic E-state index is 2.55. The number of benzene rings is 9. The lowest BCUT2D eigenvalue weighted by Gasteiger charge is -2.30. The maximum Gasteiger partial charge on any atom is 0.0541 e. The highest BCUT2D eigenvalue weighted by Gasteiger charge is 2.36. The molecule has 1 aromatic heterocycles. The van der Waals surface area contributed by atoms with Crippen LogP contribution in [-0.2, 0) is 11.8 Å². The molecule has 0 saturated heterocycles. The summed E-state index contributed by atoms with van der Waals surface area (Å²) in [7, 11) is 0. The van der Waals surface area contributed by atoms with Gasteiger partial charge in [0.25, 0.3) is 0 Å². The molecular formula is C69H64N2. The van der Waals surface area contributed by atoms with Gasteiger partial charge in [-0.25, -0.2) is 0 Å². The van der Waals surface area contributed by atoms with Crippen LogP contribution in [0.5, 0.6) is 0 Å². The quantitative estimate of drug-likeness (QED) is 0.105. The van der Waals surface area contributed by atoms with Crippen LogP contribution in [0.3, 0.4) is 0 Å². The van der Waals surface area contributed by atoms with E-state index >= 15 is 0 Å². The van der Waals surface area contributed by atoms with E-state index in [0.717, 1.165) is 23.5 Å². The topological polar surface area (TPSA) is 8.17 Å². The predicted octanol–water partition coefficient (Wildman–Crippen LogP) is 19.7. The molecule has 0 bridgehead atoms. The van der Waals surface area contributed by atoms with E-state index in [-0.39, 0.29) is 5.41 Å². The summed E-state index contributed by atoms with van der Waals surface area (Å²) < 4.78 is 2.50. The van der Waals surface area contributed by atoms with Crippen LogP contribution < -0.4 is 4.90 Å². The van der Waals surface area contributed by atoms with Crippen LogP contribution in [0, 0.1) is 0 Å². The van der Waals surface area contributed by atoms with Gasteiger partial charge in [-0.05, 0) is 160 Å². The second-order valence-corrected chi connectivity index (χ2v) is 20.9. The van der Waals surface area contributed by atoms with E-state index < -0.39 is 0 Å². The Balaban J connectivity index is 0.843. The number of anilines is 3. The number of hydrogen-bond acceptors (Lipinski definition) is 1. The number of aryl methyl sites for hydroxylation is 1. The zero-order valence-corrected chi connectivity index (χ0v) is 41.7. The first kappa shape index (κ1) is 44.8. The Labute approximate surface area is 421 Å². The third kappa shape index (κ3) is 8.38. The summed E-state index contributed by atoms with van der Waals surface area (Å²) in [5, 5.41) is 2.79. The molecule has 0 N–H and O–H groups in total. The minimum Gasteiger partial charge on any atom is -0.310 e. The molecule has 9 aromatic carbocycles. The lowest BCUT2D eigenvalue weighted by atomic mass is 9.82. The average Bonchev–Trinajstić information content (AvgIpc) is 3.87. The summed E-state index contributed by atoms with van der Waals surface area (Å²) >= 11 is 0. The molecule has 2 nitrogen and oxygen atoms in total. The molecule has 1 heterocycles. The molecule has 0 radical (unpaired) electrons. The summed E-state index contributed by atoms with van der Waals surface area (Å²) in [6.45, 7) is 7.02. The van der Waals surface area contributed by atoms with E-state index in [1.54, 1.807) is 0 Å². The van der Waals surface area contributed by atoms with E-state index in [1.165, 1.54) is 152 Å². The third-order valence-electron chi connectivity index (χ3n) is 16.1. The second kappa shape index (κ2) is 19.1. The maximum atomic E-state index is 2.55. The van der Waals surface area contributed by atoms with E-state index in [2.05, 4.69) is 236 Å². The van der Waals surface area contributed by atoms with Gasteiger partial charge >= 0.3 is 0 Å². The number of para-hydroxylation sites is 1. The van der Waals surface area contributed by atoms with Crippen molar-refractivity contribution in [2.24, 2.45) is 0 Å². The normalized spacial score (nSPS) is 14.2. The van der Waals surface area contributed by atoms with Crippen molar-refractivity contribution < 1.29 is 0 Å². The van der Waals surface area contributed by atoms with Gasteiger partial charge in [-0.2, -0.15) is 0 Å². The molecule has 0 amide bonds. The zero-order valence-electron chi connectivity index (χ0n) is 41.7. The Bertz CT molecular complexity index is 3490. The standard InChI is InChI=1S/C69H64N2/c1-4-5-6-9-18-48-27-43-67-62(45-48)63-46-55(49-19-10-7-11-20-49)36-44-68(63)71(67)57-39-34-53(35-40-57)51-30-28-50(29-31-51)52-32-37-56(38-33-52)70(66-26-17-15-23-59(66)54-21-12-8-13-22-54)58-41-42-61-60-24-14-16-25-64(60)69(2,3)65(61)47-58/h8,12-17,21-47,49H,4-7,9-11,18-20H2,1-3H3. The van der Waals surface area contributed by atoms with Crippen molar-refractivity contribution in [2.75, 3.05) is 4.90 Å². The first-order valence-corrected chi connectivity index (χ1v) is 26.5. The molecule has 1 saturated carbocycles. The van der Waals surface area contributed by atoms with Gasteiger partial charge in [0, 0.05) is 38.8 Å². The van der Waals surface area contributed by atoms with Gasteiger partial charge in [0.2, 0.25) is 0 Å². The SMILES string of the molecule is CCCCCCc1ccc2c(c1)c1cc(C3CCCCC3)ccc1n2-c1ccc(-c2ccc(-c3ccc(N(c4ccc5c(c4)C(C)(C)c4ccccc4-5)c4ccccc4-c4ccccc4)cc3)cc2)cc1. The molecular weight excluding hydrogens is 857 g/mol. The second-order valence-electron chi connectivity index (χ2n) is 20.9. The van der Waals surface area contributed by atoms with Crippen LogP contribution >= 0.6 is 0 Å². The van der Waals surface area contributed by atoms with E-state index in [9.17, 15) is 0 Å². The van der Waals surface area contributed by atoms with Crippen molar-refractivity contribution in [3.63, 3.8) is 0 Å². The summed E-state index contributed by atoms with van der Waals surface area (Å²) in [6.07, 6.45) is 13.0. The number of unbranched alkanes of at least 4 members (excludes halogenated alkanes) is 3. The predicted molar refractivity (Wildman–Crippen MR) is 303 cm³/mol. The van der Waals surface area contributed by atoms with E-state index in [4.69, 9.17) is 0 Å². The largest absolute Gasteiger partial charge is 0.310 e. The van der Waals surface area contributed by atoms with Crippen LogP contribution in [0.4, 0.5) is 17.1 Å². The van der Waals surface area contributed by atoms with Crippen LogP contribution in [-0.4, -0.2) is 4.57 Å². The van der Waals surface area contributed by atoms with Gasteiger partial charge in [-0.1, -0.05) is 199 Å². The smallest absolute Gasteiger partial charge is 0.0541 e. The Hall–Kier alpha value is -7.42. The Morgan fingerprint density at radius 1 is 0.465 bits per heavy atom. The number of nitrogens with zero attached hydrogens (tertiary/aromatic N) is 2. The van der Waals surface area contributed by atoms with E-state index in [1.807, 2.05) is 0 Å². The van der Waals surface area contributed by atoms with Crippen molar-refractivity contribution in [2.45, 2.75) is 96.3 Å². The number of hydrogen-bond donors (Lipinski definition) is 0. The molecule has 0 atom stereocenters. The molecule has 10 aromatic rings. The summed E-state index contributed by atoms with van der Waals surface area (Å²) in [6, 6.07) is 77.7. The Morgan fingerprint density at radius 3 is 1.77 bits per heavy atom. The highest BCUT2D eigenvalue weighted by Crippen LogP contribution is 2.51. The highest BCUT2D eigenvalue weighted by molar-refractivity contribution is 6.10. The van der Waals surface area contributed by atoms with Gasteiger partial charge in [0.1, 0.15) is 0 Å². The molecule has 0 aliphatic heterocycles. The average molecular weight is 921 g/mol. The molecule has 0 spiro atoms. The fraction of sp³-hybridized carbons (Fsp3) is 0.217. The van der Waals surface area contributed by atoms with Crippen LogP contribution in [0.15, 0.2) is 206 Å². The monoisotopic (exact) mass is 921 g/mol. The van der Waals surface area contributed by atoms with Gasteiger partial charge in [-0.3, -0.25) is 0 Å². The van der Waals surface area contributed by atoms with Crippen molar-refractivity contribution >= 4 is 38.9 Å². The lowest BCUT2D eigenvalue weighted by molar-refractivity contribution is 0.444. The fourth-order valence-electron chi connectivity index (χ4n) is 12.2. The van der Waals surface area contributed by atoms with Gasteiger partial charge < -0.3 is 9.47 Å². The molecule has 2 heteroatoms. The van der Waals surface area contributed by atoms with Crippen LogP contribution in [0.1, 0.15) is 107 Å². The Morgan fingerprint density at radius 2 is 1.06 bits per heavy atom. The third-order valence-corrected chi connectivity index (χ3v) is 16.1. The van der Waals surface area contributed by atoms with Crippen molar-refractivity contribution in [3.8, 4) is 50.2 Å². The van der Waals surface area contributed by atoms with E-state index in [0.29, 0.717) is 5.92 Å². The van der Waals surface area contributed by atoms with Gasteiger partial charge in [0.05, 0.1) is 16.7 Å². The first-order valence-electron chi connectivity index (χ1n) is 26.5. The minimum atomic E-state index is -0.104. The molecule has 71 heavy (non-hydrogen) atoms. The number of aromatic nitrogens is 1. The highest BCUT2D eigenvalue weighted by atomic mass is 15.1. The lowest BCUT2D eigenvalue weighted by Crippen LogP contribution is -2.16. The summed E-state index contributed by atoms with van der Waals surface area (Å²) in [5.41, 5.74) is 22.8. The number of rotatable bonds is 13. The summed E-state index contributed by atoms with van der Waals surface area (Å²) in [4.78, 5) is 2.44. The molecule has 0 unspecified atom stereocenters. The molecule has 2 aliphatic carbocycles. The molecule has 2 aliphatic rings. The minimum absolute atomic E-state index is 0.104.